The maximum atomic E-state index is 12.7. The number of methoxy groups -OCH3 is 2. The number of nitrogens with one attached hydrogen (secondary N) is 1. The van der Waals surface area contributed by atoms with Crippen LogP contribution in [0.2, 0.25) is 0 Å². The molecule has 152 valence electrons. The van der Waals surface area contributed by atoms with E-state index in [4.69, 9.17) is 14.5 Å². The number of amides is 1. The molecule has 4 rings (SSSR count). The van der Waals surface area contributed by atoms with Crippen molar-refractivity contribution < 1.29 is 14.3 Å². The van der Waals surface area contributed by atoms with Crippen molar-refractivity contribution in [2.75, 3.05) is 19.5 Å². The predicted molar refractivity (Wildman–Crippen MR) is 117 cm³/mol. The number of fused-ring (bicyclic) bond motifs is 1. The maximum Gasteiger partial charge on any atom is 0.229 e. The van der Waals surface area contributed by atoms with Gasteiger partial charge in [0.15, 0.2) is 0 Å². The number of imidazole rings is 1. The number of ether oxygens (including phenoxy) is 2. The summed E-state index contributed by atoms with van der Waals surface area (Å²) < 4.78 is 12.8. The van der Waals surface area contributed by atoms with Crippen LogP contribution in [-0.2, 0) is 11.2 Å². The Bertz CT molecular complexity index is 1210. The van der Waals surface area contributed by atoms with Gasteiger partial charge < -0.3 is 19.2 Å². The van der Waals surface area contributed by atoms with Gasteiger partial charge in [-0.15, -0.1) is 0 Å². The van der Waals surface area contributed by atoms with Crippen molar-refractivity contribution in [1.82, 2.24) is 9.38 Å². The van der Waals surface area contributed by atoms with Crippen molar-refractivity contribution >= 4 is 17.2 Å². The molecule has 4 aromatic rings. The fourth-order valence-corrected chi connectivity index (χ4v) is 3.40. The van der Waals surface area contributed by atoms with Gasteiger partial charge in [-0.05, 0) is 48.9 Å². The second-order valence-electron chi connectivity index (χ2n) is 7.05. The lowest BCUT2D eigenvalue weighted by Gasteiger charge is -2.12. The molecule has 30 heavy (non-hydrogen) atoms. The summed E-state index contributed by atoms with van der Waals surface area (Å²) in [6, 6.07) is 17.2. The Hall–Kier alpha value is -3.80. The summed E-state index contributed by atoms with van der Waals surface area (Å²) in [6.07, 6.45) is 4.16. The van der Waals surface area contributed by atoms with Crippen LogP contribution < -0.4 is 14.8 Å². The van der Waals surface area contributed by atoms with E-state index in [1.54, 1.807) is 14.2 Å². The predicted octanol–water partition coefficient (Wildman–Crippen LogP) is 4.51. The summed E-state index contributed by atoms with van der Waals surface area (Å²) in [7, 11) is 3.18. The van der Waals surface area contributed by atoms with E-state index in [2.05, 4.69) is 5.32 Å². The minimum atomic E-state index is -0.152. The molecule has 0 unspecified atom stereocenters. The molecule has 0 saturated heterocycles. The Morgan fingerprint density at radius 1 is 1.03 bits per heavy atom. The van der Waals surface area contributed by atoms with E-state index < -0.39 is 0 Å². The number of aromatic nitrogens is 2. The average molecular weight is 401 g/mol. The monoisotopic (exact) mass is 401 g/mol. The zero-order valence-electron chi connectivity index (χ0n) is 17.2. The first-order chi connectivity index (χ1) is 14.6. The van der Waals surface area contributed by atoms with E-state index in [9.17, 15) is 4.79 Å². The van der Waals surface area contributed by atoms with Crippen molar-refractivity contribution in [3.05, 3.63) is 78.1 Å². The Balaban J connectivity index is 1.61. The van der Waals surface area contributed by atoms with Gasteiger partial charge in [-0.2, -0.15) is 0 Å². The summed E-state index contributed by atoms with van der Waals surface area (Å²) in [5.74, 6) is 1.13. The highest BCUT2D eigenvalue weighted by molar-refractivity contribution is 5.94. The third-order valence-corrected chi connectivity index (χ3v) is 4.93. The lowest BCUT2D eigenvalue weighted by atomic mass is 10.1. The largest absolute Gasteiger partial charge is 0.496 e. The Morgan fingerprint density at radius 2 is 1.83 bits per heavy atom. The second-order valence-corrected chi connectivity index (χ2v) is 7.05. The lowest BCUT2D eigenvalue weighted by Crippen LogP contribution is -2.15. The number of aryl methyl sites for hydroxylation is 1. The second kappa shape index (κ2) is 8.29. The molecule has 0 atom stereocenters. The molecule has 0 spiro atoms. The average Bonchev–Trinajstić information content (AvgIpc) is 3.17. The highest BCUT2D eigenvalue weighted by atomic mass is 16.5. The highest BCUT2D eigenvalue weighted by Gasteiger charge is 2.13. The molecule has 6 heteroatoms. The fraction of sp³-hybridized carbons (Fsp3) is 0.167. The Labute approximate surface area is 175 Å². The molecule has 0 aliphatic heterocycles. The Kier molecular flexibility index (Phi) is 5.39. The van der Waals surface area contributed by atoms with E-state index in [1.165, 1.54) is 0 Å². The third-order valence-electron chi connectivity index (χ3n) is 4.93. The minimum absolute atomic E-state index is 0.152. The molecule has 0 aliphatic carbocycles. The highest BCUT2D eigenvalue weighted by Crippen LogP contribution is 2.31. The van der Waals surface area contributed by atoms with E-state index in [1.807, 2.05) is 78.3 Å². The van der Waals surface area contributed by atoms with Gasteiger partial charge in [-0.25, -0.2) is 4.98 Å². The molecule has 6 nitrogen and oxygen atoms in total. The van der Waals surface area contributed by atoms with Gasteiger partial charge >= 0.3 is 0 Å². The molecule has 0 radical (unpaired) electrons. The van der Waals surface area contributed by atoms with Crippen molar-refractivity contribution in [2.45, 2.75) is 13.3 Å². The minimum Gasteiger partial charge on any atom is -0.496 e. The number of carbonyl (C=O) groups excluding carboxylic acids is 1. The number of pyridine rings is 1. The van der Waals surface area contributed by atoms with Crippen LogP contribution in [0.1, 0.15) is 11.1 Å². The normalized spacial score (nSPS) is 10.8. The van der Waals surface area contributed by atoms with Crippen LogP contribution in [0.3, 0.4) is 0 Å². The zero-order valence-corrected chi connectivity index (χ0v) is 17.2. The van der Waals surface area contributed by atoms with E-state index in [0.717, 1.165) is 28.0 Å². The smallest absolute Gasteiger partial charge is 0.229 e. The van der Waals surface area contributed by atoms with Crippen molar-refractivity contribution in [1.29, 1.82) is 0 Å². The van der Waals surface area contributed by atoms with E-state index >= 15 is 0 Å². The summed E-state index contributed by atoms with van der Waals surface area (Å²) in [4.78, 5) is 17.4. The molecule has 0 fully saturated rings. The van der Waals surface area contributed by atoms with Gasteiger partial charge in [0, 0.05) is 23.5 Å². The van der Waals surface area contributed by atoms with Gasteiger partial charge in [0.05, 0.1) is 32.0 Å². The van der Waals surface area contributed by atoms with Crippen LogP contribution in [0.4, 0.5) is 5.69 Å². The molecule has 0 saturated carbocycles. The number of benzene rings is 2. The number of rotatable bonds is 6. The summed E-state index contributed by atoms with van der Waals surface area (Å²) in [5.41, 5.74) is 5.17. The van der Waals surface area contributed by atoms with Crippen LogP contribution in [-0.4, -0.2) is 29.5 Å². The van der Waals surface area contributed by atoms with E-state index in [0.29, 0.717) is 17.2 Å². The molecule has 2 heterocycles. The molecule has 1 amide bonds. The van der Waals surface area contributed by atoms with Gasteiger partial charge in [0.1, 0.15) is 17.1 Å². The van der Waals surface area contributed by atoms with Crippen molar-refractivity contribution in [2.24, 2.45) is 0 Å². The summed E-state index contributed by atoms with van der Waals surface area (Å²) in [5, 5.41) is 2.96. The molecule has 0 bridgehead atoms. The fourth-order valence-electron chi connectivity index (χ4n) is 3.40. The first-order valence-corrected chi connectivity index (χ1v) is 9.63. The standard InChI is InChI=1S/C24H23N3O3/c1-16-10-11-27-15-20(25-23(27)12-16)17-8-9-22(30-3)19(13-17)26-24(28)14-18-6-4-5-7-21(18)29-2/h4-13,15H,14H2,1-3H3,(H,26,28). The topological polar surface area (TPSA) is 64.9 Å². The third kappa shape index (κ3) is 3.98. The summed E-state index contributed by atoms with van der Waals surface area (Å²) in [6.45, 7) is 2.04. The van der Waals surface area contributed by atoms with Crippen LogP contribution in [0, 0.1) is 6.92 Å². The quantitative estimate of drug-likeness (QED) is 0.516. The number of carbonyl (C=O) groups is 1. The number of para-hydroxylation sites is 1. The molecule has 2 aromatic carbocycles. The number of nitrogens with zero attached hydrogens (tertiary/aromatic N) is 2. The van der Waals surface area contributed by atoms with Crippen molar-refractivity contribution in [3.8, 4) is 22.8 Å². The van der Waals surface area contributed by atoms with Crippen LogP contribution >= 0.6 is 0 Å². The number of anilines is 1. The van der Waals surface area contributed by atoms with Gasteiger partial charge in [0.2, 0.25) is 5.91 Å². The van der Waals surface area contributed by atoms with Gasteiger partial charge in [-0.3, -0.25) is 4.79 Å². The molecule has 0 aliphatic rings. The van der Waals surface area contributed by atoms with Gasteiger partial charge in [0.25, 0.3) is 0 Å². The molecule has 2 aromatic heterocycles. The lowest BCUT2D eigenvalue weighted by molar-refractivity contribution is -0.115. The molecule has 1 N–H and O–H groups in total. The number of hydrogen-bond donors (Lipinski definition) is 1. The summed E-state index contributed by atoms with van der Waals surface area (Å²) >= 11 is 0. The maximum absolute atomic E-state index is 12.7. The van der Waals surface area contributed by atoms with E-state index in [-0.39, 0.29) is 12.3 Å². The zero-order chi connectivity index (χ0) is 21.1. The molecular formula is C24H23N3O3. The van der Waals surface area contributed by atoms with Crippen molar-refractivity contribution in [3.63, 3.8) is 0 Å². The SMILES string of the molecule is COc1ccccc1CC(=O)Nc1cc(-c2cn3ccc(C)cc3n2)ccc1OC. The van der Waals surface area contributed by atoms with Crippen LogP contribution in [0.15, 0.2) is 67.0 Å². The van der Waals surface area contributed by atoms with Crippen LogP contribution in [0.5, 0.6) is 11.5 Å². The van der Waals surface area contributed by atoms with Gasteiger partial charge in [-0.1, -0.05) is 18.2 Å². The first-order valence-electron chi connectivity index (χ1n) is 9.63. The Morgan fingerprint density at radius 3 is 2.63 bits per heavy atom. The van der Waals surface area contributed by atoms with Crippen LogP contribution in [0.25, 0.3) is 16.9 Å². The molecular weight excluding hydrogens is 378 g/mol. The first kappa shape index (κ1) is 19.5. The number of hydrogen-bond acceptors (Lipinski definition) is 4.